The van der Waals surface area contributed by atoms with E-state index in [9.17, 15) is 9.59 Å². The fourth-order valence-electron chi connectivity index (χ4n) is 7.33. The van der Waals surface area contributed by atoms with Crippen molar-refractivity contribution in [2.75, 3.05) is 59.7 Å². The van der Waals surface area contributed by atoms with E-state index >= 15 is 0 Å². The summed E-state index contributed by atoms with van der Waals surface area (Å²) >= 11 is 0. The Morgan fingerprint density at radius 3 is 1.93 bits per heavy atom. The normalized spacial score (nSPS) is 11.6. The van der Waals surface area contributed by atoms with E-state index in [1.54, 1.807) is 23.8 Å². The van der Waals surface area contributed by atoms with E-state index in [1.165, 1.54) is 0 Å². The largest absolute Gasteiger partial charge is 0.455 e. The average molecular weight is 737 g/mol. The van der Waals surface area contributed by atoms with E-state index in [0.29, 0.717) is 41.5 Å². The summed E-state index contributed by atoms with van der Waals surface area (Å²) in [7, 11) is 9.98. The molecule has 2 amide bonds. The van der Waals surface area contributed by atoms with Crippen molar-refractivity contribution in [3.05, 3.63) is 120 Å². The van der Waals surface area contributed by atoms with Crippen molar-refractivity contribution in [3.63, 3.8) is 0 Å². The van der Waals surface area contributed by atoms with Crippen molar-refractivity contribution in [2.45, 2.75) is 19.8 Å². The van der Waals surface area contributed by atoms with Gasteiger partial charge < -0.3 is 33.8 Å². The zero-order valence-corrected chi connectivity index (χ0v) is 32.4. The summed E-state index contributed by atoms with van der Waals surface area (Å²) in [5.74, 6) is 1.42. The Balaban J connectivity index is 1.23. The lowest BCUT2D eigenvalue weighted by atomic mass is 9.91. The van der Waals surface area contributed by atoms with Gasteiger partial charge in [0.05, 0.1) is 5.69 Å². The first-order valence-corrected chi connectivity index (χ1v) is 18.7. The Hall–Kier alpha value is -5.97. The van der Waals surface area contributed by atoms with Crippen LogP contribution < -0.4 is 10.1 Å². The zero-order valence-electron chi connectivity index (χ0n) is 32.4. The number of aryl methyl sites for hydroxylation is 2. The van der Waals surface area contributed by atoms with E-state index < -0.39 is 0 Å². The summed E-state index contributed by atoms with van der Waals surface area (Å²) in [5, 5.41) is 13.2. The highest BCUT2D eigenvalue weighted by molar-refractivity contribution is 6.20. The molecule has 10 heteroatoms. The Morgan fingerprint density at radius 1 is 0.745 bits per heavy atom. The van der Waals surface area contributed by atoms with Gasteiger partial charge in [0.1, 0.15) is 34.2 Å². The first-order chi connectivity index (χ1) is 26.6. The van der Waals surface area contributed by atoms with E-state index in [0.717, 1.165) is 75.3 Å². The lowest BCUT2D eigenvalue weighted by molar-refractivity contribution is 0.0735. The molecular weight excluding hydrogens is 689 g/mol. The van der Waals surface area contributed by atoms with Gasteiger partial charge >= 0.3 is 0 Å². The van der Waals surface area contributed by atoms with Crippen LogP contribution in [0.2, 0.25) is 0 Å². The van der Waals surface area contributed by atoms with Gasteiger partial charge in [-0.3, -0.25) is 9.59 Å². The van der Waals surface area contributed by atoms with Crippen LogP contribution in [-0.4, -0.2) is 90.6 Å². The van der Waals surface area contributed by atoms with Crippen LogP contribution in [0.5, 0.6) is 11.5 Å². The Labute approximate surface area is 321 Å². The third-order valence-electron chi connectivity index (χ3n) is 10.0. The first-order valence-electron chi connectivity index (χ1n) is 18.7. The minimum absolute atomic E-state index is 0.0638. The van der Waals surface area contributed by atoms with Crippen LogP contribution in [0.4, 0.5) is 5.69 Å². The molecule has 0 aliphatic carbocycles. The smallest absolute Gasteiger partial charge is 0.270 e. The number of rotatable bonds is 14. The molecule has 2 heterocycles. The molecule has 0 bridgehead atoms. The molecule has 282 valence electrons. The molecule has 7 rings (SSSR count). The molecule has 55 heavy (non-hydrogen) atoms. The van der Waals surface area contributed by atoms with Gasteiger partial charge in [0.25, 0.3) is 11.8 Å². The summed E-state index contributed by atoms with van der Waals surface area (Å²) in [4.78, 5) is 34.4. The quantitative estimate of drug-likeness (QED) is 0.112. The van der Waals surface area contributed by atoms with Gasteiger partial charge in [0.15, 0.2) is 0 Å². The monoisotopic (exact) mass is 736 g/mol. The number of fused-ring (bicyclic) bond motifs is 3. The molecule has 0 saturated carbocycles. The van der Waals surface area contributed by atoms with E-state index in [2.05, 4.69) is 38.5 Å². The molecule has 2 aromatic heterocycles. The second-order valence-electron chi connectivity index (χ2n) is 14.6. The van der Waals surface area contributed by atoms with Gasteiger partial charge in [-0.15, -0.1) is 0 Å². The highest BCUT2D eigenvalue weighted by Gasteiger charge is 2.28. The number of amides is 2. The third-order valence-corrected chi connectivity index (χ3v) is 10.0. The number of anilines is 1. The second kappa shape index (κ2) is 16.2. The summed E-state index contributed by atoms with van der Waals surface area (Å²) in [6, 6.07) is 32.0. The zero-order chi connectivity index (χ0) is 38.6. The van der Waals surface area contributed by atoms with E-state index in [4.69, 9.17) is 9.26 Å². The number of hydrogen-bond donors (Lipinski definition) is 1. The van der Waals surface area contributed by atoms with Crippen molar-refractivity contribution < 1.29 is 18.8 Å². The van der Waals surface area contributed by atoms with Gasteiger partial charge in [-0.25, -0.2) is 0 Å². The van der Waals surface area contributed by atoms with Crippen LogP contribution >= 0.6 is 0 Å². The maximum absolute atomic E-state index is 14.3. The topological polar surface area (TPSA) is 96.1 Å². The molecule has 7 aromatic rings. The molecule has 0 aliphatic heterocycles. The predicted octanol–water partition coefficient (Wildman–Crippen LogP) is 8.84. The average Bonchev–Trinajstić information content (AvgIpc) is 3.74. The minimum atomic E-state index is -0.378. The van der Waals surface area contributed by atoms with Crippen molar-refractivity contribution >= 4 is 49.8 Å². The number of nitrogens with zero attached hydrogens (tertiary/aromatic N) is 5. The molecule has 0 radical (unpaired) electrons. The number of aromatic nitrogens is 2. The van der Waals surface area contributed by atoms with Crippen molar-refractivity contribution in [1.82, 2.24) is 24.4 Å². The molecule has 1 N–H and O–H groups in total. The molecule has 0 aliphatic rings. The number of carbonyl (C=O) groups excluding carboxylic acids is 2. The van der Waals surface area contributed by atoms with Gasteiger partial charge in [-0.1, -0.05) is 90.1 Å². The molecule has 0 saturated heterocycles. The minimum Gasteiger partial charge on any atom is -0.455 e. The maximum Gasteiger partial charge on any atom is 0.270 e. The Kier molecular flexibility index (Phi) is 11.0. The highest BCUT2D eigenvalue weighted by Crippen LogP contribution is 2.46. The van der Waals surface area contributed by atoms with Crippen LogP contribution in [0, 0.1) is 6.92 Å². The maximum atomic E-state index is 14.3. The molecule has 0 unspecified atom stereocenters. The van der Waals surface area contributed by atoms with Crippen LogP contribution in [0.25, 0.3) is 43.6 Å². The van der Waals surface area contributed by atoms with Gasteiger partial charge in [0, 0.05) is 48.1 Å². The number of carbonyl (C=O) groups is 2. The molecule has 0 fully saturated rings. The van der Waals surface area contributed by atoms with Crippen LogP contribution in [0.15, 0.2) is 108 Å². The molecular formula is C45H48N6O4. The third kappa shape index (κ3) is 7.83. The van der Waals surface area contributed by atoms with Crippen LogP contribution in [0.1, 0.15) is 39.4 Å². The number of ether oxygens (including phenoxy) is 1. The fourth-order valence-corrected chi connectivity index (χ4v) is 7.33. The van der Waals surface area contributed by atoms with Crippen molar-refractivity contribution in [1.29, 1.82) is 0 Å². The van der Waals surface area contributed by atoms with Gasteiger partial charge in [0.2, 0.25) is 0 Å². The molecule has 0 spiro atoms. The van der Waals surface area contributed by atoms with Crippen LogP contribution in [-0.2, 0) is 7.05 Å². The number of benzene rings is 5. The Bertz CT molecular complexity index is 2420. The summed E-state index contributed by atoms with van der Waals surface area (Å²) < 4.78 is 14.4. The highest BCUT2D eigenvalue weighted by atomic mass is 16.5. The van der Waals surface area contributed by atoms with Gasteiger partial charge in [-0.05, 0) is 89.3 Å². The lowest BCUT2D eigenvalue weighted by Gasteiger charge is -2.24. The van der Waals surface area contributed by atoms with Gasteiger partial charge in [-0.2, -0.15) is 0 Å². The second-order valence-corrected chi connectivity index (χ2v) is 14.6. The Morgan fingerprint density at radius 2 is 1.31 bits per heavy atom. The lowest BCUT2D eigenvalue weighted by Crippen LogP contribution is -2.36. The van der Waals surface area contributed by atoms with Crippen molar-refractivity contribution in [2.24, 2.45) is 7.05 Å². The van der Waals surface area contributed by atoms with Crippen LogP contribution in [0.3, 0.4) is 0 Å². The first kappa shape index (κ1) is 37.3. The fraction of sp³-hybridized carbons (Fsp3) is 0.267. The summed E-state index contributed by atoms with van der Waals surface area (Å²) in [5.41, 5.74) is 2.54. The molecule has 10 nitrogen and oxygen atoms in total. The summed E-state index contributed by atoms with van der Waals surface area (Å²) in [6.45, 7) is 4.81. The number of nitrogens with one attached hydrogen (secondary N) is 1. The van der Waals surface area contributed by atoms with Crippen molar-refractivity contribution in [3.8, 4) is 22.8 Å². The number of hydrogen-bond acceptors (Lipinski definition) is 7. The predicted molar refractivity (Wildman–Crippen MR) is 221 cm³/mol. The van der Waals surface area contributed by atoms with E-state index in [-0.39, 0.29) is 11.8 Å². The SMILES string of the molecule is Cc1onc(-c2c3ccccc3c(Oc3cccc4ccccc34)c3ccccc23)c1C(=O)Nc1cc(C(=O)N(CCCN(C)C)CCCN(C)C)n(C)c1. The molecule has 5 aromatic carbocycles. The standard InChI is InChI=1S/C45H48N6O4/c1-30-40(44(52)46-32-28-38(50(6)29-32)45(53)51(26-14-24-48(2)3)27-15-25-49(4)5)42(47-55-30)41-34-19-9-11-21-36(34)43(37-22-12-10-20-35(37)41)54-39-23-13-17-31-16-7-8-18-33(31)39/h7-13,16-23,28-29H,14-15,24-27H2,1-6H3,(H,46,52). The summed E-state index contributed by atoms with van der Waals surface area (Å²) in [6.07, 6.45) is 3.50. The van der Waals surface area contributed by atoms with E-state index in [1.807, 2.05) is 113 Å². The molecule has 0 atom stereocenters.